The summed E-state index contributed by atoms with van der Waals surface area (Å²) in [6.07, 6.45) is 9.14. The third-order valence-corrected chi connectivity index (χ3v) is 6.42. The molecule has 1 aliphatic carbocycles. The molecular formula is C19H33Cl2N5O2. The molecule has 160 valence electrons. The standard InChI is InChI=1S/C19H31N5O2.2ClH/c1-22-8-7-21-18(22)16-15-20-6-9-24(16)17(25)14-19(4-2-3-5-19)23-10-12-26-13-11-23;;/h7-8,16,20H,2-6,9-15H2,1H3;2*1H. The van der Waals surface area contributed by atoms with Crippen molar-refractivity contribution in [1.82, 2.24) is 24.7 Å². The summed E-state index contributed by atoms with van der Waals surface area (Å²) in [5.41, 5.74) is 0.0396. The zero-order valence-electron chi connectivity index (χ0n) is 16.6. The second-order valence-corrected chi connectivity index (χ2v) is 7.91. The van der Waals surface area contributed by atoms with Crippen molar-refractivity contribution in [1.29, 1.82) is 0 Å². The van der Waals surface area contributed by atoms with Gasteiger partial charge in [-0.3, -0.25) is 9.69 Å². The number of carbonyl (C=O) groups excluding carboxylic acids is 1. The SMILES string of the molecule is Cl.Cl.Cn1ccnc1C1CNCCN1C(=O)CC1(N2CCOCC2)CCCC1. The second-order valence-electron chi connectivity index (χ2n) is 7.91. The van der Waals surface area contributed by atoms with E-state index >= 15 is 0 Å². The van der Waals surface area contributed by atoms with E-state index < -0.39 is 0 Å². The average Bonchev–Trinajstić information content (AvgIpc) is 3.32. The number of imidazole rings is 1. The summed E-state index contributed by atoms with van der Waals surface area (Å²) in [5, 5.41) is 3.43. The molecule has 28 heavy (non-hydrogen) atoms. The maximum Gasteiger partial charge on any atom is 0.225 e. The summed E-state index contributed by atoms with van der Waals surface area (Å²) >= 11 is 0. The van der Waals surface area contributed by atoms with Gasteiger partial charge in [-0.25, -0.2) is 4.98 Å². The Balaban J connectivity index is 0.00000140. The minimum absolute atomic E-state index is 0. The smallest absolute Gasteiger partial charge is 0.225 e. The van der Waals surface area contributed by atoms with Crippen LogP contribution in [0.3, 0.4) is 0 Å². The van der Waals surface area contributed by atoms with E-state index in [0.717, 1.165) is 64.6 Å². The minimum Gasteiger partial charge on any atom is -0.379 e. The lowest BCUT2D eigenvalue weighted by Gasteiger charge is -2.45. The quantitative estimate of drug-likeness (QED) is 0.783. The Hall–Kier alpha value is -0.860. The van der Waals surface area contributed by atoms with Crippen LogP contribution >= 0.6 is 24.8 Å². The maximum atomic E-state index is 13.4. The molecule has 7 nitrogen and oxygen atoms in total. The largest absolute Gasteiger partial charge is 0.379 e. The first-order valence-electron chi connectivity index (χ1n) is 10.00. The van der Waals surface area contributed by atoms with Gasteiger partial charge in [-0.05, 0) is 12.8 Å². The first kappa shape index (κ1) is 23.4. The van der Waals surface area contributed by atoms with Crippen LogP contribution in [0.4, 0.5) is 0 Å². The van der Waals surface area contributed by atoms with Crippen LogP contribution in [0.15, 0.2) is 12.4 Å². The van der Waals surface area contributed by atoms with Crippen LogP contribution in [0.25, 0.3) is 0 Å². The molecule has 1 aromatic heterocycles. The number of morpholine rings is 1. The van der Waals surface area contributed by atoms with Gasteiger partial charge in [-0.2, -0.15) is 0 Å². The molecule has 1 aromatic rings. The number of halogens is 2. The van der Waals surface area contributed by atoms with Crippen LogP contribution in [-0.2, 0) is 16.6 Å². The highest BCUT2D eigenvalue weighted by atomic mass is 35.5. The van der Waals surface area contributed by atoms with Crippen molar-refractivity contribution < 1.29 is 9.53 Å². The second kappa shape index (κ2) is 10.3. The van der Waals surface area contributed by atoms with Crippen LogP contribution in [0.2, 0.25) is 0 Å². The van der Waals surface area contributed by atoms with Crippen molar-refractivity contribution in [2.45, 2.75) is 43.7 Å². The fourth-order valence-electron chi connectivity index (χ4n) is 4.99. The van der Waals surface area contributed by atoms with Crippen molar-refractivity contribution in [3.8, 4) is 0 Å². The molecule has 1 unspecified atom stereocenters. The number of ether oxygens (including phenoxy) is 1. The fourth-order valence-corrected chi connectivity index (χ4v) is 4.99. The fraction of sp³-hybridized carbons (Fsp3) is 0.789. The van der Waals surface area contributed by atoms with Crippen LogP contribution in [0.1, 0.15) is 44.0 Å². The number of amides is 1. The molecule has 0 radical (unpaired) electrons. The van der Waals surface area contributed by atoms with Gasteiger partial charge in [0.05, 0.1) is 13.2 Å². The first-order valence-corrected chi connectivity index (χ1v) is 10.00. The Morgan fingerprint density at radius 2 is 1.96 bits per heavy atom. The highest BCUT2D eigenvalue weighted by molar-refractivity contribution is 5.85. The van der Waals surface area contributed by atoms with Gasteiger partial charge in [-0.1, -0.05) is 12.8 Å². The molecular weight excluding hydrogens is 401 g/mol. The molecule has 3 fully saturated rings. The molecule has 0 spiro atoms. The molecule has 1 atom stereocenters. The molecule has 0 bridgehead atoms. The van der Waals surface area contributed by atoms with Crippen molar-refractivity contribution >= 4 is 30.7 Å². The number of aryl methyl sites for hydroxylation is 1. The summed E-state index contributed by atoms with van der Waals surface area (Å²) in [6, 6.07) is 0.0272. The van der Waals surface area contributed by atoms with Crippen LogP contribution < -0.4 is 5.32 Å². The lowest BCUT2D eigenvalue weighted by Crippen LogP contribution is -2.56. The van der Waals surface area contributed by atoms with Gasteiger partial charge in [0, 0.05) is 64.1 Å². The van der Waals surface area contributed by atoms with Gasteiger partial charge in [0.1, 0.15) is 11.9 Å². The predicted octanol–water partition coefficient (Wildman–Crippen LogP) is 1.77. The molecule has 2 aliphatic heterocycles. The van der Waals surface area contributed by atoms with Crippen molar-refractivity contribution in [3.63, 3.8) is 0 Å². The molecule has 1 N–H and O–H groups in total. The van der Waals surface area contributed by atoms with Crippen molar-refractivity contribution in [3.05, 3.63) is 18.2 Å². The Kier molecular flexibility index (Phi) is 8.58. The maximum absolute atomic E-state index is 13.4. The van der Waals surface area contributed by atoms with E-state index in [9.17, 15) is 4.79 Å². The number of piperazine rings is 1. The zero-order chi connectivity index (χ0) is 18.0. The van der Waals surface area contributed by atoms with Crippen LogP contribution in [0, 0.1) is 0 Å². The molecule has 9 heteroatoms. The lowest BCUT2D eigenvalue weighted by molar-refractivity contribution is -0.139. The number of nitrogens with one attached hydrogen (secondary N) is 1. The molecule has 3 heterocycles. The van der Waals surface area contributed by atoms with E-state index in [2.05, 4.69) is 20.1 Å². The molecule has 0 aromatic carbocycles. The zero-order valence-corrected chi connectivity index (χ0v) is 18.3. The highest BCUT2D eigenvalue weighted by Gasteiger charge is 2.43. The Labute approximate surface area is 180 Å². The van der Waals surface area contributed by atoms with Crippen molar-refractivity contribution in [2.75, 3.05) is 45.9 Å². The van der Waals surface area contributed by atoms with E-state index in [1.807, 2.05) is 24.0 Å². The Morgan fingerprint density at radius 3 is 2.61 bits per heavy atom. The third-order valence-electron chi connectivity index (χ3n) is 6.42. The van der Waals surface area contributed by atoms with Crippen LogP contribution in [0.5, 0.6) is 0 Å². The number of hydrogen-bond donors (Lipinski definition) is 1. The van der Waals surface area contributed by atoms with E-state index in [-0.39, 0.29) is 42.3 Å². The number of nitrogens with zero attached hydrogens (tertiary/aromatic N) is 4. The normalized spacial score (nSPS) is 25.0. The molecule has 4 rings (SSSR count). The Morgan fingerprint density at radius 1 is 1.25 bits per heavy atom. The van der Waals surface area contributed by atoms with Crippen LogP contribution in [-0.4, -0.2) is 76.7 Å². The van der Waals surface area contributed by atoms with E-state index in [1.54, 1.807) is 0 Å². The number of carbonyl (C=O) groups is 1. The summed E-state index contributed by atoms with van der Waals surface area (Å²) in [4.78, 5) is 22.5. The summed E-state index contributed by atoms with van der Waals surface area (Å²) in [7, 11) is 2.01. The van der Waals surface area contributed by atoms with Gasteiger partial charge < -0.3 is 19.5 Å². The number of rotatable bonds is 4. The monoisotopic (exact) mass is 433 g/mol. The third kappa shape index (κ3) is 4.65. The topological polar surface area (TPSA) is 62.6 Å². The van der Waals surface area contributed by atoms with E-state index in [1.165, 1.54) is 12.8 Å². The summed E-state index contributed by atoms with van der Waals surface area (Å²) in [5.74, 6) is 1.25. The molecule has 3 aliphatic rings. The predicted molar refractivity (Wildman–Crippen MR) is 113 cm³/mol. The van der Waals surface area contributed by atoms with E-state index in [4.69, 9.17) is 4.74 Å². The van der Waals surface area contributed by atoms with Gasteiger partial charge in [0.2, 0.25) is 5.91 Å². The van der Waals surface area contributed by atoms with Crippen molar-refractivity contribution in [2.24, 2.45) is 7.05 Å². The Bertz CT molecular complexity index is 630. The molecule has 1 amide bonds. The summed E-state index contributed by atoms with van der Waals surface area (Å²) < 4.78 is 7.58. The van der Waals surface area contributed by atoms with Gasteiger partial charge in [-0.15, -0.1) is 24.8 Å². The first-order chi connectivity index (χ1) is 12.7. The average molecular weight is 434 g/mol. The molecule has 2 saturated heterocycles. The van der Waals surface area contributed by atoms with Gasteiger partial charge in [0.15, 0.2) is 0 Å². The highest BCUT2D eigenvalue weighted by Crippen LogP contribution is 2.39. The van der Waals surface area contributed by atoms with Gasteiger partial charge in [0.25, 0.3) is 0 Å². The number of aromatic nitrogens is 2. The summed E-state index contributed by atoms with van der Waals surface area (Å²) in [6.45, 7) is 5.89. The minimum atomic E-state index is 0. The lowest BCUT2D eigenvalue weighted by atomic mass is 9.89. The number of hydrogen-bond acceptors (Lipinski definition) is 5. The molecule has 1 saturated carbocycles. The van der Waals surface area contributed by atoms with E-state index in [0.29, 0.717) is 6.42 Å². The van der Waals surface area contributed by atoms with Gasteiger partial charge >= 0.3 is 0 Å².